The minimum Gasteiger partial charge on any atom is -0.379 e. The minimum atomic E-state index is -3.78. The van der Waals surface area contributed by atoms with Crippen molar-refractivity contribution in [1.29, 1.82) is 0 Å². The van der Waals surface area contributed by atoms with Crippen LogP contribution in [0.4, 0.5) is 5.69 Å². The third-order valence-corrected chi connectivity index (χ3v) is 9.99. The maximum atomic E-state index is 13.2. The van der Waals surface area contributed by atoms with E-state index in [1.54, 1.807) is 30.3 Å². The van der Waals surface area contributed by atoms with Gasteiger partial charge in [-0.2, -0.15) is 8.42 Å². The molecule has 0 radical (unpaired) electrons. The van der Waals surface area contributed by atoms with Crippen LogP contribution < -0.4 is 10.6 Å². The van der Waals surface area contributed by atoms with E-state index in [4.69, 9.17) is 37.3 Å². The molecule has 1 saturated heterocycles. The van der Waals surface area contributed by atoms with E-state index in [0.717, 1.165) is 17.7 Å². The van der Waals surface area contributed by atoms with Crippen molar-refractivity contribution < 1.29 is 69.7 Å². The Kier molecular flexibility index (Phi) is 20.9. The van der Waals surface area contributed by atoms with Crippen LogP contribution in [0.2, 0.25) is 0 Å². The first-order valence-corrected chi connectivity index (χ1v) is 20.7. The van der Waals surface area contributed by atoms with Crippen LogP contribution in [-0.2, 0) is 61.8 Å². The third kappa shape index (κ3) is 15.9. The third-order valence-electron chi connectivity index (χ3n) is 8.66. The zero-order valence-corrected chi connectivity index (χ0v) is 33.3. The number of rotatable bonds is 31. The van der Waals surface area contributed by atoms with Gasteiger partial charge < -0.3 is 38.5 Å². The molecular formula is C39H53N3O15S. The number of benzene rings is 2. The molecule has 58 heavy (non-hydrogen) atoms. The highest BCUT2D eigenvalue weighted by molar-refractivity contribution is 7.86. The number of amides is 5. The molecule has 1 unspecified atom stereocenters. The SMILES string of the molecule is O=C1CCC(N2C(=O)c3cccc(NC(=O)CCCCCOCCOCCOCCOCCOCCOCCOCCOS(=O)(=O)c4ccccc4)c3C2=O)C(=O)N1. The lowest BCUT2D eigenvalue weighted by atomic mass is 10.0. The van der Waals surface area contributed by atoms with Gasteiger partial charge in [0.15, 0.2) is 0 Å². The summed E-state index contributed by atoms with van der Waals surface area (Å²) in [5.41, 5.74) is 0.360. The fourth-order valence-corrected chi connectivity index (χ4v) is 6.69. The Balaban J connectivity index is 0.868. The number of ether oxygens (including phenoxy) is 7. The van der Waals surface area contributed by atoms with E-state index in [-0.39, 0.29) is 60.1 Å². The molecule has 2 heterocycles. The van der Waals surface area contributed by atoms with Gasteiger partial charge in [-0.15, -0.1) is 0 Å². The summed E-state index contributed by atoms with van der Waals surface area (Å²) in [7, 11) is -3.78. The second kappa shape index (κ2) is 26.0. The Morgan fingerprint density at radius 1 is 0.638 bits per heavy atom. The molecule has 0 aromatic heterocycles. The molecule has 0 bridgehead atoms. The van der Waals surface area contributed by atoms with Crippen LogP contribution in [0, 0.1) is 0 Å². The predicted octanol–water partition coefficient (Wildman–Crippen LogP) is 2.11. The first-order valence-electron chi connectivity index (χ1n) is 19.3. The van der Waals surface area contributed by atoms with Gasteiger partial charge >= 0.3 is 0 Å². The summed E-state index contributed by atoms with van der Waals surface area (Å²) in [5, 5.41) is 4.89. The van der Waals surface area contributed by atoms with Crippen molar-refractivity contribution in [3.63, 3.8) is 0 Å². The zero-order valence-electron chi connectivity index (χ0n) is 32.5. The van der Waals surface area contributed by atoms with Crippen LogP contribution in [0.5, 0.6) is 0 Å². The lowest BCUT2D eigenvalue weighted by molar-refractivity contribution is -0.136. The van der Waals surface area contributed by atoms with Gasteiger partial charge in [-0.1, -0.05) is 30.7 Å². The van der Waals surface area contributed by atoms with Crippen LogP contribution in [0.25, 0.3) is 0 Å². The second-order valence-corrected chi connectivity index (χ2v) is 14.5. The molecule has 4 rings (SSSR count). The van der Waals surface area contributed by atoms with Gasteiger partial charge in [0.05, 0.1) is 114 Å². The van der Waals surface area contributed by atoms with Gasteiger partial charge in [0.2, 0.25) is 17.7 Å². The predicted molar refractivity (Wildman–Crippen MR) is 206 cm³/mol. The molecule has 18 nitrogen and oxygen atoms in total. The molecule has 320 valence electrons. The molecule has 2 aromatic carbocycles. The molecule has 2 N–H and O–H groups in total. The average molecular weight is 836 g/mol. The smallest absolute Gasteiger partial charge is 0.297 e. The van der Waals surface area contributed by atoms with E-state index < -0.39 is 39.8 Å². The number of anilines is 1. The van der Waals surface area contributed by atoms with Gasteiger partial charge in [0.25, 0.3) is 21.9 Å². The van der Waals surface area contributed by atoms with Crippen molar-refractivity contribution in [3.8, 4) is 0 Å². The summed E-state index contributed by atoms with van der Waals surface area (Å²) in [4.78, 5) is 63.6. The standard InChI is InChI=1S/C39H53N3O15S/c43-34(40-32-11-7-10-31-36(32)39(47)42(38(31)46)33-13-14-35(44)41-37(33)45)12-5-2-6-15-50-16-17-51-18-19-52-20-21-53-22-23-54-24-25-55-26-27-56-28-29-57-58(48,49)30-8-3-1-4-9-30/h1,3-4,7-11,33H,2,5-6,12-29H2,(H,40,43)(H,41,44,45). The monoisotopic (exact) mass is 835 g/mol. The maximum Gasteiger partial charge on any atom is 0.297 e. The van der Waals surface area contributed by atoms with Crippen LogP contribution in [0.1, 0.15) is 59.2 Å². The number of imide groups is 2. The lowest BCUT2D eigenvalue weighted by Gasteiger charge is -2.27. The topological polar surface area (TPSA) is 221 Å². The van der Waals surface area contributed by atoms with E-state index in [0.29, 0.717) is 92.3 Å². The van der Waals surface area contributed by atoms with E-state index in [2.05, 4.69) is 10.6 Å². The lowest BCUT2D eigenvalue weighted by Crippen LogP contribution is -2.54. The highest BCUT2D eigenvalue weighted by Crippen LogP contribution is 2.32. The van der Waals surface area contributed by atoms with Gasteiger partial charge in [-0.25, -0.2) is 0 Å². The maximum absolute atomic E-state index is 13.2. The largest absolute Gasteiger partial charge is 0.379 e. The molecule has 1 fully saturated rings. The van der Waals surface area contributed by atoms with Crippen molar-refractivity contribution in [2.45, 2.75) is 49.5 Å². The summed E-state index contributed by atoms with van der Waals surface area (Å²) in [6.07, 6.45) is 2.40. The Bertz CT molecular complexity index is 1730. The fourth-order valence-electron chi connectivity index (χ4n) is 5.78. The second-order valence-electron chi connectivity index (χ2n) is 12.9. The molecule has 2 aliphatic rings. The van der Waals surface area contributed by atoms with Crippen molar-refractivity contribution in [2.24, 2.45) is 0 Å². The summed E-state index contributed by atoms with van der Waals surface area (Å²) in [5.74, 6) is -2.75. The Morgan fingerprint density at radius 3 is 1.72 bits per heavy atom. The van der Waals surface area contributed by atoms with Gasteiger partial charge in [0.1, 0.15) is 6.04 Å². The molecule has 0 aliphatic carbocycles. The van der Waals surface area contributed by atoms with Gasteiger partial charge in [-0.05, 0) is 43.5 Å². The Hall–Kier alpha value is -4.18. The van der Waals surface area contributed by atoms with E-state index in [1.807, 2.05) is 0 Å². The van der Waals surface area contributed by atoms with Crippen LogP contribution in [-0.4, -0.2) is 148 Å². The number of nitrogens with zero attached hydrogens (tertiary/aromatic N) is 1. The number of hydrogen-bond donors (Lipinski definition) is 2. The van der Waals surface area contributed by atoms with Crippen LogP contribution in [0.3, 0.4) is 0 Å². The number of unbranched alkanes of at least 4 members (excludes halogenated alkanes) is 2. The number of carbonyl (C=O) groups is 5. The van der Waals surface area contributed by atoms with Crippen molar-refractivity contribution in [3.05, 3.63) is 59.7 Å². The molecular weight excluding hydrogens is 783 g/mol. The first kappa shape index (κ1) is 46.5. The number of nitrogens with one attached hydrogen (secondary N) is 2. The van der Waals surface area contributed by atoms with E-state index in [1.165, 1.54) is 18.2 Å². The minimum absolute atomic E-state index is 0.0226. The summed E-state index contributed by atoms with van der Waals surface area (Å²) >= 11 is 0. The quantitative estimate of drug-likeness (QED) is 0.0631. The van der Waals surface area contributed by atoms with Gasteiger partial charge in [-0.3, -0.25) is 38.4 Å². The van der Waals surface area contributed by atoms with Gasteiger partial charge in [0, 0.05) is 19.4 Å². The molecule has 1 atom stereocenters. The van der Waals surface area contributed by atoms with E-state index in [9.17, 15) is 32.4 Å². The molecule has 19 heteroatoms. The average Bonchev–Trinajstić information content (AvgIpc) is 3.47. The van der Waals surface area contributed by atoms with Crippen molar-refractivity contribution in [2.75, 3.05) is 104 Å². The highest BCUT2D eigenvalue weighted by atomic mass is 32.2. The first-order chi connectivity index (χ1) is 28.2. The molecule has 2 aromatic rings. The Morgan fingerprint density at radius 2 is 1.17 bits per heavy atom. The van der Waals surface area contributed by atoms with Crippen LogP contribution >= 0.6 is 0 Å². The van der Waals surface area contributed by atoms with Crippen molar-refractivity contribution in [1.82, 2.24) is 10.2 Å². The summed E-state index contributed by atoms with van der Waals surface area (Å²) < 4.78 is 67.1. The zero-order chi connectivity index (χ0) is 41.4. The molecule has 0 saturated carbocycles. The fraction of sp³-hybridized carbons (Fsp3) is 0.564. The van der Waals surface area contributed by atoms with E-state index >= 15 is 0 Å². The summed E-state index contributed by atoms with van der Waals surface area (Å²) in [6.45, 7) is 5.44. The molecule has 0 spiro atoms. The molecule has 2 aliphatic heterocycles. The number of fused-ring (bicyclic) bond motifs is 1. The summed E-state index contributed by atoms with van der Waals surface area (Å²) in [6, 6.07) is 11.4. The normalized spacial score (nSPS) is 15.5. The van der Waals surface area contributed by atoms with Crippen molar-refractivity contribution >= 4 is 45.3 Å². The number of hydrogen-bond acceptors (Lipinski definition) is 15. The highest BCUT2D eigenvalue weighted by Gasteiger charge is 2.45. The Labute approximate surface area is 338 Å². The number of carbonyl (C=O) groups excluding carboxylic acids is 5. The van der Waals surface area contributed by atoms with Crippen LogP contribution in [0.15, 0.2) is 53.4 Å². The molecule has 5 amide bonds. The number of piperidine rings is 1.